The summed E-state index contributed by atoms with van der Waals surface area (Å²) in [5.74, 6) is -0.628. The Morgan fingerprint density at radius 3 is 2.79 bits per heavy atom. The lowest BCUT2D eigenvalue weighted by Gasteiger charge is -2.27. The van der Waals surface area contributed by atoms with E-state index in [1.165, 1.54) is 24.9 Å². The molecule has 0 aliphatic carbocycles. The van der Waals surface area contributed by atoms with Crippen molar-refractivity contribution in [3.63, 3.8) is 0 Å². The van der Waals surface area contributed by atoms with Gasteiger partial charge in [0.15, 0.2) is 11.4 Å². The van der Waals surface area contributed by atoms with E-state index in [0.717, 1.165) is 12.8 Å². The highest BCUT2D eigenvalue weighted by Gasteiger charge is 2.41. The van der Waals surface area contributed by atoms with Gasteiger partial charge in [0.05, 0.1) is 12.3 Å². The molecule has 0 amide bonds. The van der Waals surface area contributed by atoms with Crippen LogP contribution in [-0.2, 0) is 37.6 Å². The van der Waals surface area contributed by atoms with Crippen molar-refractivity contribution in [1.82, 2.24) is 19.7 Å². The van der Waals surface area contributed by atoms with E-state index in [0.29, 0.717) is 24.4 Å². The number of nitrogens with one attached hydrogen (secondary N) is 1. The maximum atomic E-state index is 12.6. The maximum absolute atomic E-state index is 12.6. The molecule has 0 aromatic carbocycles. The second kappa shape index (κ2) is 14.3. The minimum Gasteiger partial charge on any atom is -0.464 e. The molecule has 3 N–H and O–H groups in total. The van der Waals surface area contributed by atoms with E-state index in [4.69, 9.17) is 29.2 Å². The third-order valence-corrected chi connectivity index (χ3v) is 7.34. The van der Waals surface area contributed by atoms with Gasteiger partial charge in [0.1, 0.15) is 36.7 Å². The van der Waals surface area contributed by atoms with Crippen LogP contribution in [0.1, 0.15) is 51.3 Å². The highest BCUT2D eigenvalue weighted by molar-refractivity contribution is 7.36. The molecule has 0 bridgehead atoms. The van der Waals surface area contributed by atoms with Crippen LogP contribution in [0.2, 0.25) is 0 Å². The number of esters is 2. The van der Waals surface area contributed by atoms with Crippen molar-refractivity contribution in [2.24, 2.45) is 5.92 Å². The van der Waals surface area contributed by atoms with E-state index in [-0.39, 0.29) is 31.2 Å². The molecule has 14 nitrogen and oxygen atoms in total. The largest absolute Gasteiger partial charge is 0.613 e. The number of hydrogen-bond acceptors (Lipinski definition) is 12. The van der Waals surface area contributed by atoms with E-state index >= 15 is 0 Å². The third-order valence-electron chi connectivity index (χ3n) is 6.38. The van der Waals surface area contributed by atoms with E-state index in [1.807, 2.05) is 6.07 Å². The van der Waals surface area contributed by atoms with Gasteiger partial charge in [-0.25, -0.2) is 9.50 Å². The number of fused-ring (bicyclic) bond motifs is 1. The van der Waals surface area contributed by atoms with Crippen LogP contribution in [0.25, 0.3) is 5.52 Å². The van der Waals surface area contributed by atoms with Gasteiger partial charge < -0.3 is 24.7 Å². The molecule has 1 fully saturated rings. The Labute approximate surface area is 227 Å². The molecule has 3 heterocycles. The Morgan fingerprint density at radius 2 is 2.13 bits per heavy atom. The monoisotopic (exact) mass is 565 g/mol. The molecule has 0 saturated carbocycles. The first-order valence-electron chi connectivity index (χ1n) is 12.6. The number of methoxy groups -OCH3 is 1. The van der Waals surface area contributed by atoms with Crippen LogP contribution in [0.5, 0.6) is 0 Å². The van der Waals surface area contributed by atoms with Crippen LogP contribution in [-0.4, -0.2) is 71.7 Å². The molecule has 39 heavy (non-hydrogen) atoms. The summed E-state index contributed by atoms with van der Waals surface area (Å²) >= 11 is 0. The number of nitrogens with zero attached hydrogens (tertiary/aromatic N) is 4. The molecule has 0 spiro atoms. The maximum Gasteiger partial charge on any atom is 0.613 e. The van der Waals surface area contributed by atoms with Gasteiger partial charge in [0.25, 0.3) is 0 Å². The van der Waals surface area contributed by atoms with Crippen LogP contribution in [0.4, 0.5) is 5.82 Å². The van der Waals surface area contributed by atoms with Crippen molar-refractivity contribution >= 4 is 31.5 Å². The van der Waals surface area contributed by atoms with Crippen molar-refractivity contribution < 1.29 is 37.6 Å². The Balaban J connectivity index is 1.64. The predicted molar refractivity (Wildman–Crippen MR) is 137 cm³/mol. The van der Waals surface area contributed by atoms with Crippen molar-refractivity contribution in [2.75, 3.05) is 39.3 Å². The summed E-state index contributed by atoms with van der Waals surface area (Å²) in [4.78, 5) is 28.5. The third kappa shape index (κ3) is 8.14. The zero-order valence-corrected chi connectivity index (χ0v) is 23.1. The standard InChI is InChI=1S/C24H34N6O8P/c1-4-21(31)38-20(18-5-6-19-22(26)27-15-28-30(18)19)11-24(13-25,34-3)14-37-39(33)29-16(2)23(32)36-12-17-7-9-35-10-8-17/h5-6,15-17,20H,4,7-12,14H2,1-3H3,(H,29,33)(H2,26,27,28)/q+1/t16-,20+,24+/m0/s1. The van der Waals surface area contributed by atoms with Crippen LogP contribution >= 0.6 is 8.18 Å². The average Bonchev–Trinajstić information content (AvgIpc) is 3.39. The lowest BCUT2D eigenvalue weighted by Crippen LogP contribution is -2.38. The Hall–Kier alpha value is -3.21. The lowest BCUT2D eigenvalue weighted by molar-refractivity contribution is -0.153. The number of anilines is 1. The number of rotatable bonds is 14. The van der Waals surface area contributed by atoms with Crippen molar-refractivity contribution in [2.45, 2.75) is 57.3 Å². The fourth-order valence-electron chi connectivity index (χ4n) is 3.94. The van der Waals surface area contributed by atoms with Gasteiger partial charge in [-0.15, -0.1) is 4.52 Å². The fourth-order valence-corrected chi connectivity index (χ4v) is 4.76. The number of nitrogen functional groups attached to an aromatic ring is 1. The minimum absolute atomic E-state index is 0.0955. The van der Waals surface area contributed by atoms with Crippen LogP contribution in [0.3, 0.4) is 0 Å². The SMILES string of the molecule is CCC(=O)O[C@H](C[C@@](C#N)(CO[P+](=O)N[C@@H](C)C(=O)OCC1CCOCC1)OC)c1ccc2c(N)ncnn12. The topological polar surface area (TPSA) is 189 Å². The molecule has 2 aromatic rings. The predicted octanol–water partition coefficient (Wildman–Crippen LogP) is 2.23. The summed E-state index contributed by atoms with van der Waals surface area (Å²) in [7, 11) is -1.29. The van der Waals surface area contributed by atoms with Crippen molar-refractivity contribution in [3.8, 4) is 6.07 Å². The van der Waals surface area contributed by atoms with Crippen LogP contribution in [0, 0.1) is 17.2 Å². The molecule has 1 aliphatic rings. The van der Waals surface area contributed by atoms with Gasteiger partial charge in [0.2, 0.25) is 0 Å². The molecule has 212 valence electrons. The van der Waals surface area contributed by atoms with Gasteiger partial charge >= 0.3 is 20.1 Å². The molecule has 1 saturated heterocycles. The number of aromatic nitrogens is 3. The summed E-state index contributed by atoms with van der Waals surface area (Å²) in [6.45, 7) is 4.22. The Morgan fingerprint density at radius 1 is 1.38 bits per heavy atom. The normalized spacial score (nSPS) is 17.5. The zero-order chi connectivity index (χ0) is 28.4. The molecule has 4 atom stereocenters. The number of ether oxygens (including phenoxy) is 4. The lowest BCUT2D eigenvalue weighted by atomic mass is 9.96. The van der Waals surface area contributed by atoms with Gasteiger partial charge in [0, 0.05) is 33.2 Å². The summed E-state index contributed by atoms with van der Waals surface area (Å²) in [5, 5.41) is 16.7. The minimum atomic E-state index is -2.58. The van der Waals surface area contributed by atoms with Gasteiger partial charge in [-0.1, -0.05) is 12.0 Å². The average molecular weight is 566 g/mol. The molecule has 2 aromatic heterocycles. The van der Waals surface area contributed by atoms with Crippen LogP contribution in [0.15, 0.2) is 18.5 Å². The van der Waals surface area contributed by atoms with Gasteiger partial charge in [-0.2, -0.15) is 10.4 Å². The Bertz CT molecular complexity index is 1200. The molecule has 1 aliphatic heterocycles. The van der Waals surface area contributed by atoms with Gasteiger partial charge in [-0.05, 0) is 42.4 Å². The molecular weight excluding hydrogens is 531 g/mol. The van der Waals surface area contributed by atoms with Crippen molar-refractivity contribution in [3.05, 3.63) is 24.2 Å². The molecular formula is C24H34N6O8P+. The number of nitriles is 1. The van der Waals surface area contributed by atoms with Crippen molar-refractivity contribution in [1.29, 1.82) is 5.26 Å². The van der Waals surface area contributed by atoms with E-state index in [1.54, 1.807) is 19.1 Å². The van der Waals surface area contributed by atoms with E-state index in [9.17, 15) is 19.4 Å². The fraction of sp³-hybridized carbons (Fsp3) is 0.625. The molecule has 15 heteroatoms. The highest BCUT2D eigenvalue weighted by atomic mass is 31.1. The molecule has 1 unspecified atom stereocenters. The van der Waals surface area contributed by atoms with E-state index in [2.05, 4.69) is 15.2 Å². The van der Waals surface area contributed by atoms with Crippen LogP contribution < -0.4 is 10.8 Å². The van der Waals surface area contributed by atoms with Gasteiger partial charge in [-0.3, -0.25) is 9.59 Å². The molecule has 3 rings (SSSR count). The smallest absolute Gasteiger partial charge is 0.464 e. The first kappa shape index (κ1) is 30.3. The second-order valence-corrected chi connectivity index (χ2v) is 10.1. The molecule has 0 radical (unpaired) electrons. The Kier molecular flexibility index (Phi) is 11.1. The summed E-state index contributed by atoms with van der Waals surface area (Å²) in [5.41, 5.74) is 5.18. The first-order chi connectivity index (χ1) is 18.7. The number of nitrogens with two attached hydrogens (primary N) is 1. The number of carbonyl (C=O) groups is 2. The number of hydrogen-bond donors (Lipinski definition) is 2. The second-order valence-electron chi connectivity index (χ2n) is 9.11. The highest BCUT2D eigenvalue weighted by Crippen LogP contribution is 2.33. The van der Waals surface area contributed by atoms with E-state index < -0.39 is 44.5 Å². The summed E-state index contributed by atoms with van der Waals surface area (Å²) in [6.07, 6.45) is 1.82. The quantitative estimate of drug-likeness (QED) is 0.251. The summed E-state index contributed by atoms with van der Waals surface area (Å²) in [6, 6.07) is 4.44. The first-order valence-corrected chi connectivity index (χ1v) is 13.7. The number of carbonyl (C=O) groups excluding carboxylic acids is 2. The summed E-state index contributed by atoms with van der Waals surface area (Å²) < 4.78 is 41.2. The zero-order valence-electron chi connectivity index (χ0n) is 22.2.